The molecule has 0 aliphatic rings. The van der Waals surface area contributed by atoms with Crippen molar-refractivity contribution in [2.75, 3.05) is 12.0 Å². The van der Waals surface area contributed by atoms with Crippen LogP contribution in [0.15, 0.2) is 0 Å². The van der Waals surface area contributed by atoms with E-state index in [1.54, 1.807) is 20.8 Å². The summed E-state index contributed by atoms with van der Waals surface area (Å²) < 4.78 is 0. The molecule has 31 heavy (non-hydrogen) atoms. The summed E-state index contributed by atoms with van der Waals surface area (Å²) in [6, 6.07) is -4.21. The predicted octanol–water partition coefficient (Wildman–Crippen LogP) is -0.311. The van der Waals surface area contributed by atoms with E-state index < -0.39 is 54.0 Å². The number of aliphatic hydroxyl groups is 1. The van der Waals surface area contributed by atoms with Gasteiger partial charge in [0.25, 0.3) is 0 Å². The molecule has 3 amide bonds. The van der Waals surface area contributed by atoms with E-state index >= 15 is 0 Å². The number of nitrogens with one attached hydrogen (secondary N) is 3. The summed E-state index contributed by atoms with van der Waals surface area (Å²) in [6.45, 7) is 8.42. The van der Waals surface area contributed by atoms with Gasteiger partial charge >= 0.3 is 5.97 Å². The van der Waals surface area contributed by atoms with Crippen molar-refractivity contribution in [2.24, 2.45) is 17.6 Å². The van der Waals surface area contributed by atoms with Crippen molar-refractivity contribution in [3.05, 3.63) is 0 Å². The van der Waals surface area contributed by atoms with Gasteiger partial charge in [-0.15, -0.1) is 0 Å². The first-order chi connectivity index (χ1) is 14.4. The third-order valence-corrected chi connectivity index (χ3v) is 5.75. The van der Waals surface area contributed by atoms with Gasteiger partial charge in [-0.2, -0.15) is 11.8 Å². The maximum absolute atomic E-state index is 12.9. The standard InChI is InChI=1S/C20H38N4O6S/c1-7-11(4)15(19(28)24-16(12(5)25)20(29)30)23-17(26)13(8-9-31-6)22-18(27)14(21)10(2)3/h10-16,25H,7-9,21H2,1-6H3,(H,22,27)(H,23,26)(H,24,28)(H,29,30). The number of amides is 3. The van der Waals surface area contributed by atoms with Gasteiger partial charge in [-0.25, -0.2) is 4.79 Å². The normalized spacial score (nSPS) is 17.1. The number of carbonyl (C=O) groups is 4. The molecule has 0 bridgehead atoms. The van der Waals surface area contributed by atoms with Crippen LogP contribution < -0.4 is 21.7 Å². The number of carboxylic acids is 1. The van der Waals surface area contributed by atoms with Gasteiger partial charge in [0.1, 0.15) is 12.1 Å². The van der Waals surface area contributed by atoms with Crippen molar-refractivity contribution in [1.29, 1.82) is 0 Å². The van der Waals surface area contributed by atoms with Crippen molar-refractivity contribution in [1.82, 2.24) is 16.0 Å². The lowest BCUT2D eigenvalue weighted by molar-refractivity contribution is -0.145. The summed E-state index contributed by atoms with van der Waals surface area (Å²) in [6.07, 6.45) is 1.42. The fourth-order valence-electron chi connectivity index (χ4n) is 2.66. The molecule has 7 N–H and O–H groups in total. The number of aliphatic hydroxyl groups excluding tert-OH is 1. The van der Waals surface area contributed by atoms with Gasteiger partial charge in [-0.05, 0) is 37.2 Å². The molecule has 180 valence electrons. The van der Waals surface area contributed by atoms with Gasteiger partial charge in [0.05, 0.1) is 12.1 Å². The second-order valence-electron chi connectivity index (χ2n) is 8.05. The molecule has 0 aliphatic heterocycles. The Morgan fingerprint density at radius 2 is 1.48 bits per heavy atom. The smallest absolute Gasteiger partial charge is 0.328 e. The Labute approximate surface area is 188 Å². The predicted molar refractivity (Wildman–Crippen MR) is 120 cm³/mol. The summed E-state index contributed by atoms with van der Waals surface area (Å²) in [4.78, 5) is 49.4. The van der Waals surface area contributed by atoms with Crippen LogP contribution in [0.25, 0.3) is 0 Å². The number of nitrogens with two attached hydrogens (primary N) is 1. The number of hydrogen-bond acceptors (Lipinski definition) is 7. The fourth-order valence-corrected chi connectivity index (χ4v) is 3.13. The average Bonchev–Trinajstić information content (AvgIpc) is 2.70. The summed E-state index contributed by atoms with van der Waals surface area (Å²) in [5.41, 5.74) is 5.88. The Morgan fingerprint density at radius 1 is 0.935 bits per heavy atom. The van der Waals surface area contributed by atoms with Crippen molar-refractivity contribution in [3.63, 3.8) is 0 Å². The third kappa shape index (κ3) is 9.88. The highest BCUT2D eigenvalue weighted by atomic mass is 32.2. The molecule has 0 spiro atoms. The van der Waals surface area contributed by atoms with E-state index in [0.29, 0.717) is 18.6 Å². The molecule has 0 aromatic carbocycles. The van der Waals surface area contributed by atoms with Gasteiger partial charge in [0.2, 0.25) is 17.7 Å². The van der Waals surface area contributed by atoms with Crippen LogP contribution in [-0.2, 0) is 19.2 Å². The van der Waals surface area contributed by atoms with Crippen LogP contribution in [0.2, 0.25) is 0 Å². The Kier molecular flexibility index (Phi) is 13.4. The molecule has 0 radical (unpaired) electrons. The first-order valence-electron chi connectivity index (χ1n) is 10.4. The first kappa shape index (κ1) is 29.1. The molecule has 0 fully saturated rings. The molecule has 0 rings (SSSR count). The number of carboxylic acid groups (broad SMARTS) is 1. The van der Waals surface area contributed by atoms with E-state index in [0.717, 1.165) is 0 Å². The highest BCUT2D eigenvalue weighted by Gasteiger charge is 2.34. The molecular formula is C20H38N4O6S. The molecule has 0 aromatic rings. The molecule has 0 saturated heterocycles. The van der Waals surface area contributed by atoms with E-state index in [1.807, 2.05) is 13.2 Å². The highest BCUT2D eigenvalue weighted by molar-refractivity contribution is 7.98. The number of hydrogen-bond donors (Lipinski definition) is 6. The molecule has 0 saturated carbocycles. The van der Waals surface area contributed by atoms with Gasteiger partial charge in [0, 0.05) is 0 Å². The average molecular weight is 463 g/mol. The minimum Gasteiger partial charge on any atom is -0.480 e. The summed E-state index contributed by atoms with van der Waals surface area (Å²) >= 11 is 1.51. The largest absolute Gasteiger partial charge is 0.480 e. The number of carbonyl (C=O) groups excluding carboxylic acids is 3. The molecule has 10 nitrogen and oxygen atoms in total. The van der Waals surface area contributed by atoms with Crippen LogP contribution in [0, 0.1) is 11.8 Å². The number of rotatable bonds is 14. The molecular weight excluding hydrogens is 424 g/mol. The summed E-state index contributed by atoms with van der Waals surface area (Å²) in [5.74, 6) is -2.95. The van der Waals surface area contributed by atoms with Crippen molar-refractivity contribution < 1.29 is 29.4 Å². The maximum atomic E-state index is 12.9. The minimum atomic E-state index is -1.51. The Hall–Kier alpha value is -1.85. The molecule has 0 heterocycles. The molecule has 6 unspecified atom stereocenters. The second-order valence-corrected chi connectivity index (χ2v) is 9.03. The van der Waals surface area contributed by atoms with Crippen molar-refractivity contribution in [2.45, 2.75) is 77.7 Å². The van der Waals surface area contributed by atoms with Crippen LogP contribution in [0.3, 0.4) is 0 Å². The van der Waals surface area contributed by atoms with Crippen molar-refractivity contribution in [3.8, 4) is 0 Å². The molecule has 0 aromatic heterocycles. The van der Waals surface area contributed by atoms with E-state index in [1.165, 1.54) is 18.7 Å². The van der Waals surface area contributed by atoms with E-state index in [4.69, 9.17) is 5.73 Å². The van der Waals surface area contributed by atoms with Crippen LogP contribution in [0.5, 0.6) is 0 Å². The minimum absolute atomic E-state index is 0.115. The van der Waals surface area contributed by atoms with Gasteiger partial charge < -0.3 is 31.9 Å². The number of aliphatic carboxylic acids is 1. The third-order valence-electron chi connectivity index (χ3n) is 5.10. The zero-order chi connectivity index (χ0) is 24.3. The Balaban J connectivity index is 5.52. The van der Waals surface area contributed by atoms with E-state index in [9.17, 15) is 29.4 Å². The number of thioether (sulfide) groups is 1. The molecule has 6 atom stereocenters. The summed E-state index contributed by atoms with van der Waals surface area (Å²) in [7, 11) is 0. The highest BCUT2D eigenvalue weighted by Crippen LogP contribution is 2.11. The van der Waals surface area contributed by atoms with Gasteiger partial charge in [-0.3, -0.25) is 14.4 Å². The molecule has 0 aliphatic carbocycles. The van der Waals surface area contributed by atoms with Gasteiger partial charge in [0.15, 0.2) is 6.04 Å². The van der Waals surface area contributed by atoms with Crippen LogP contribution in [0.1, 0.15) is 47.5 Å². The molecule has 11 heteroatoms. The Bertz CT molecular complexity index is 616. The second kappa shape index (κ2) is 14.3. The lowest BCUT2D eigenvalue weighted by Gasteiger charge is -2.28. The van der Waals surface area contributed by atoms with E-state index in [2.05, 4.69) is 16.0 Å². The lowest BCUT2D eigenvalue weighted by atomic mass is 9.97. The van der Waals surface area contributed by atoms with Crippen LogP contribution >= 0.6 is 11.8 Å². The first-order valence-corrected chi connectivity index (χ1v) is 11.8. The van der Waals surface area contributed by atoms with Crippen molar-refractivity contribution >= 4 is 35.5 Å². The quantitative estimate of drug-likeness (QED) is 0.204. The fraction of sp³-hybridized carbons (Fsp3) is 0.800. The van der Waals surface area contributed by atoms with Gasteiger partial charge in [-0.1, -0.05) is 34.1 Å². The monoisotopic (exact) mass is 462 g/mol. The SMILES string of the molecule is CCC(C)C(NC(=O)C(CCSC)NC(=O)C(N)C(C)C)C(=O)NC(C(=O)O)C(C)O. The maximum Gasteiger partial charge on any atom is 0.328 e. The summed E-state index contributed by atoms with van der Waals surface area (Å²) in [5, 5.41) is 26.4. The topological polar surface area (TPSA) is 171 Å². The zero-order valence-corrected chi connectivity index (χ0v) is 20.0. The zero-order valence-electron chi connectivity index (χ0n) is 19.2. The van der Waals surface area contributed by atoms with E-state index in [-0.39, 0.29) is 11.8 Å². The lowest BCUT2D eigenvalue weighted by Crippen LogP contribution is -2.60. The van der Waals surface area contributed by atoms with Crippen LogP contribution in [0.4, 0.5) is 0 Å². The Morgan fingerprint density at radius 3 is 1.90 bits per heavy atom. The van der Waals surface area contributed by atoms with Crippen LogP contribution in [-0.4, -0.2) is 76.2 Å².